The molecule has 130 valence electrons. The number of hydrogen-bond acceptors (Lipinski definition) is 5. The number of benzene rings is 2. The summed E-state index contributed by atoms with van der Waals surface area (Å²) in [6.07, 6.45) is 4.47. The van der Waals surface area contributed by atoms with Crippen LogP contribution < -0.4 is 0 Å². The smallest absolute Gasteiger partial charge is 0.210 e. The molecule has 0 saturated heterocycles. The summed E-state index contributed by atoms with van der Waals surface area (Å²) in [5.41, 5.74) is 4.04. The van der Waals surface area contributed by atoms with Gasteiger partial charge in [-0.3, -0.25) is 9.56 Å². The molecule has 3 aromatic rings. The van der Waals surface area contributed by atoms with Crippen molar-refractivity contribution in [3.63, 3.8) is 0 Å². The van der Waals surface area contributed by atoms with E-state index in [1.807, 2.05) is 48.7 Å². The van der Waals surface area contributed by atoms with Gasteiger partial charge in [0.15, 0.2) is 3.95 Å². The lowest BCUT2D eigenvalue weighted by molar-refractivity contribution is 0.414. The molecule has 1 aromatic heterocycles. The molecule has 1 aliphatic rings. The van der Waals surface area contributed by atoms with Crippen molar-refractivity contribution in [1.29, 1.82) is 0 Å². The molecule has 2 N–H and O–H groups in total. The number of para-hydroxylation sites is 1. The molecule has 4 nitrogen and oxygen atoms in total. The topological polar surface area (TPSA) is 57.8 Å². The third kappa shape index (κ3) is 3.21. The highest BCUT2D eigenvalue weighted by Crippen LogP contribution is 2.35. The number of aromatic nitrogens is 1. The van der Waals surface area contributed by atoms with Crippen LogP contribution in [0.25, 0.3) is 11.6 Å². The number of rotatable bonds is 4. The van der Waals surface area contributed by atoms with Crippen LogP contribution in [-0.2, 0) is 13.0 Å². The van der Waals surface area contributed by atoms with Gasteiger partial charge in [-0.25, -0.2) is 0 Å². The molecule has 2 aromatic carbocycles. The predicted molar refractivity (Wildman–Crippen MR) is 109 cm³/mol. The van der Waals surface area contributed by atoms with E-state index in [9.17, 15) is 10.2 Å². The molecule has 26 heavy (non-hydrogen) atoms. The van der Waals surface area contributed by atoms with E-state index in [1.54, 1.807) is 16.7 Å². The Morgan fingerprint density at radius 2 is 1.85 bits per heavy atom. The molecule has 1 aliphatic heterocycles. The van der Waals surface area contributed by atoms with Crippen LogP contribution in [0.1, 0.15) is 16.0 Å². The number of aliphatic imine (C=N–C) groups is 1. The van der Waals surface area contributed by atoms with Gasteiger partial charge in [-0.05, 0) is 48.5 Å². The van der Waals surface area contributed by atoms with E-state index < -0.39 is 0 Å². The summed E-state index contributed by atoms with van der Waals surface area (Å²) < 4.78 is 2.38. The fourth-order valence-electron chi connectivity index (χ4n) is 2.90. The van der Waals surface area contributed by atoms with Crippen molar-refractivity contribution in [1.82, 2.24) is 4.57 Å². The Bertz CT molecular complexity index is 1080. The molecular formula is C20H16N2O2S2. The maximum atomic E-state index is 10.6. The van der Waals surface area contributed by atoms with Gasteiger partial charge < -0.3 is 10.2 Å². The number of thiazole rings is 1. The summed E-state index contributed by atoms with van der Waals surface area (Å²) in [6, 6.07) is 15.0. The Kier molecular flexibility index (Phi) is 4.44. The third-order valence-electron chi connectivity index (χ3n) is 4.30. The van der Waals surface area contributed by atoms with Crippen molar-refractivity contribution in [2.75, 3.05) is 0 Å². The first-order chi connectivity index (χ1) is 12.6. The Morgan fingerprint density at radius 1 is 1.08 bits per heavy atom. The minimum absolute atomic E-state index is 0.184. The van der Waals surface area contributed by atoms with Crippen molar-refractivity contribution in [2.24, 2.45) is 4.99 Å². The maximum Gasteiger partial charge on any atom is 0.210 e. The quantitative estimate of drug-likeness (QED) is 0.613. The van der Waals surface area contributed by atoms with Gasteiger partial charge in [0.2, 0.25) is 5.88 Å². The number of hydrogen-bond donors (Lipinski definition) is 2. The number of fused-ring (bicyclic) bond motifs is 1. The van der Waals surface area contributed by atoms with Crippen molar-refractivity contribution in [3.8, 4) is 11.6 Å². The largest absolute Gasteiger partial charge is 0.508 e. The van der Waals surface area contributed by atoms with Crippen molar-refractivity contribution in [3.05, 3.63) is 68.5 Å². The molecular weight excluding hydrogens is 364 g/mol. The zero-order chi connectivity index (χ0) is 18.1. The highest BCUT2D eigenvalue weighted by molar-refractivity contribution is 7.73. The van der Waals surface area contributed by atoms with E-state index in [0.717, 1.165) is 33.7 Å². The van der Waals surface area contributed by atoms with E-state index in [2.05, 4.69) is 4.99 Å². The van der Waals surface area contributed by atoms with E-state index in [1.165, 1.54) is 11.3 Å². The van der Waals surface area contributed by atoms with Gasteiger partial charge in [0.05, 0.1) is 10.6 Å². The second kappa shape index (κ2) is 6.90. The lowest BCUT2D eigenvalue weighted by Gasteiger charge is -2.05. The standard InChI is InChI=1S/C20H16N2O2S2/c23-15-7-5-13(6-8-15)9-10-22-19(24)18(26-20(22)25)11-14-12-21-17-4-2-1-3-16(14)17/h1-8,11-12,23-24H,9-10H2. The van der Waals surface area contributed by atoms with Crippen LogP contribution >= 0.6 is 23.6 Å². The summed E-state index contributed by atoms with van der Waals surface area (Å²) in [5.74, 6) is 0.431. The van der Waals surface area contributed by atoms with Gasteiger partial charge >= 0.3 is 0 Å². The monoisotopic (exact) mass is 380 g/mol. The SMILES string of the molecule is Oc1ccc(CCn2c(O)c(C=C3C=Nc4ccccc43)sc2=S)cc1. The predicted octanol–water partition coefficient (Wildman–Crippen LogP) is 5.19. The van der Waals surface area contributed by atoms with Crippen LogP contribution in [0.4, 0.5) is 5.69 Å². The van der Waals surface area contributed by atoms with Crippen LogP contribution in [0, 0.1) is 3.95 Å². The number of nitrogens with zero attached hydrogens (tertiary/aromatic N) is 2. The van der Waals surface area contributed by atoms with Gasteiger partial charge in [-0.2, -0.15) is 0 Å². The van der Waals surface area contributed by atoms with Crippen molar-refractivity contribution < 1.29 is 10.2 Å². The first-order valence-electron chi connectivity index (χ1n) is 8.17. The van der Waals surface area contributed by atoms with E-state index >= 15 is 0 Å². The minimum Gasteiger partial charge on any atom is -0.508 e. The van der Waals surface area contributed by atoms with E-state index in [4.69, 9.17) is 12.2 Å². The lowest BCUT2D eigenvalue weighted by atomic mass is 10.1. The number of allylic oxidation sites excluding steroid dienone is 1. The first-order valence-corrected chi connectivity index (χ1v) is 9.40. The average Bonchev–Trinajstić information content (AvgIpc) is 3.17. The van der Waals surface area contributed by atoms with Crippen molar-refractivity contribution in [2.45, 2.75) is 13.0 Å². The molecule has 0 amide bonds. The zero-order valence-electron chi connectivity index (χ0n) is 13.8. The minimum atomic E-state index is 0.184. The zero-order valence-corrected chi connectivity index (χ0v) is 15.4. The average molecular weight is 380 g/mol. The van der Waals surface area contributed by atoms with Gasteiger partial charge in [-0.15, -0.1) is 11.3 Å². The summed E-state index contributed by atoms with van der Waals surface area (Å²) in [6.45, 7) is 0.583. The molecule has 4 rings (SSSR count). The third-order valence-corrected chi connectivity index (χ3v) is 5.68. The summed E-state index contributed by atoms with van der Waals surface area (Å²) in [5, 5.41) is 20.0. The summed E-state index contributed by atoms with van der Waals surface area (Å²) >= 11 is 6.82. The molecule has 6 heteroatoms. The molecule has 0 fully saturated rings. The summed E-state index contributed by atoms with van der Waals surface area (Å²) in [7, 11) is 0. The molecule has 0 aliphatic carbocycles. The Morgan fingerprint density at radius 3 is 2.65 bits per heavy atom. The molecule has 0 bridgehead atoms. The Balaban J connectivity index is 1.59. The second-order valence-corrected chi connectivity index (χ2v) is 7.67. The Labute approximate surface area is 160 Å². The van der Waals surface area contributed by atoms with Crippen molar-refractivity contribution >= 4 is 47.1 Å². The maximum absolute atomic E-state index is 10.6. The molecule has 0 unspecified atom stereocenters. The van der Waals surface area contributed by atoms with Crippen LogP contribution in [0.5, 0.6) is 11.6 Å². The van der Waals surface area contributed by atoms with E-state index in [0.29, 0.717) is 10.5 Å². The van der Waals surface area contributed by atoms with E-state index in [-0.39, 0.29) is 11.6 Å². The number of phenols is 1. The van der Waals surface area contributed by atoms with Crippen LogP contribution in [0.2, 0.25) is 0 Å². The summed E-state index contributed by atoms with van der Waals surface area (Å²) in [4.78, 5) is 5.13. The number of phenolic OH excluding ortho intramolecular Hbond substituents is 1. The molecule has 0 spiro atoms. The van der Waals surface area contributed by atoms with Gasteiger partial charge in [0.1, 0.15) is 5.75 Å². The molecule has 0 atom stereocenters. The van der Waals surface area contributed by atoms with Crippen LogP contribution in [0.15, 0.2) is 53.5 Å². The van der Waals surface area contributed by atoms with Gasteiger partial charge in [0.25, 0.3) is 0 Å². The lowest BCUT2D eigenvalue weighted by Crippen LogP contribution is -2.00. The number of aromatic hydroxyl groups is 2. The highest BCUT2D eigenvalue weighted by atomic mass is 32.1. The fraction of sp³-hybridized carbons (Fsp3) is 0.100. The fourth-order valence-corrected chi connectivity index (χ4v) is 4.21. The van der Waals surface area contributed by atoms with Crippen LogP contribution in [-0.4, -0.2) is 21.0 Å². The molecule has 2 heterocycles. The molecule has 0 saturated carbocycles. The second-order valence-electron chi connectivity index (χ2n) is 6.00. The normalized spacial score (nSPS) is 14.1. The Hall–Kier alpha value is -2.70. The molecule has 0 radical (unpaired) electrons. The van der Waals surface area contributed by atoms with Gasteiger partial charge in [-0.1, -0.05) is 30.3 Å². The van der Waals surface area contributed by atoms with Gasteiger partial charge in [0, 0.05) is 23.9 Å². The number of aryl methyl sites for hydroxylation is 1. The van der Waals surface area contributed by atoms with Crippen LogP contribution in [0.3, 0.4) is 0 Å². The first kappa shape index (κ1) is 16.8. The highest BCUT2D eigenvalue weighted by Gasteiger charge is 2.15.